The molecule has 27 heteroatoms. The van der Waals surface area contributed by atoms with Gasteiger partial charge >= 0.3 is 23.5 Å². The van der Waals surface area contributed by atoms with Gasteiger partial charge < -0.3 is 75.7 Å². The lowest BCUT2D eigenvalue weighted by atomic mass is 9.94. The largest absolute Gasteiger partial charge is 0.483 e. The second kappa shape index (κ2) is 49.4. The molecule has 0 spiro atoms. The first-order chi connectivity index (χ1) is 47.3. The molecule has 2 heterocycles. The van der Waals surface area contributed by atoms with Crippen LogP contribution in [-0.4, -0.2) is 162 Å². The fourth-order valence-corrected chi connectivity index (χ4v) is 13.8. The van der Waals surface area contributed by atoms with Crippen molar-refractivity contribution in [3.63, 3.8) is 0 Å². The number of rotatable bonds is 49. The Morgan fingerprint density at radius 3 is 1.20 bits per heavy atom. The van der Waals surface area contributed by atoms with Gasteiger partial charge in [0.1, 0.15) is 54.9 Å². The Bertz CT molecular complexity index is 3000. The van der Waals surface area contributed by atoms with E-state index in [9.17, 15) is 63.8 Å². The molecule has 13 N–H and O–H groups in total. The fourth-order valence-electron chi connectivity index (χ4n) is 11.0. The molecule has 0 aliphatic carbocycles. The minimum Gasteiger partial charge on any atom is -0.394 e. The summed E-state index contributed by atoms with van der Waals surface area (Å²) in [6.45, 7) is 24.9. The molecule has 0 aromatic heterocycles. The smallest absolute Gasteiger partial charge is 0.394 e. The average molecular weight is 1490 g/mol. The number of allylic oxidation sites excluding steroid dienone is 21. The topological polar surface area (TPSA) is 382 Å². The van der Waals surface area contributed by atoms with Crippen LogP contribution in [0, 0.1) is 0 Å². The molecule has 2 aliphatic rings. The van der Waals surface area contributed by atoms with Crippen LogP contribution >= 0.6 is 23.5 Å². The van der Waals surface area contributed by atoms with E-state index in [-0.39, 0.29) is 0 Å². The van der Waals surface area contributed by atoms with E-state index in [1.54, 1.807) is 6.92 Å². The molecule has 2 saturated heterocycles. The Kier molecular flexibility index (Phi) is 45.8. The van der Waals surface area contributed by atoms with Crippen LogP contribution < -0.4 is 11.1 Å². The number of nitrogens with one attached hydrogen (secondary N) is 1. The number of phosphoric ester groups is 3. The minimum absolute atomic E-state index is 0.497. The van der Waals surface area contributed by atoms with Gasteiger partial charge in [0.25, 0.3) is 0 Å². The van der Waals surface area contributed by atoms with Crippen LogP contribution in [0.3, 0.4) is 0 Å². The molecule has 2 fully saturated rings. The molecule has 16 atom stereocenters. The summed E-state index contributed by atoms with van der Waals surface area (Å²) in [5, 5.41) is 72.8. The number of amides is 1. The number of hydrogen-bond acceptors (Lipinski definition) is 20. The second-order valence-corrected chi connectivity index (χ2v) is 32.0. The monoisotopic (exact) mass is 1490 g/mol. The van der Waals surface area contributed by atoms with Gasteiger partial charge in [-0.3, -0.25) is 22.9 Å². The highest BCUT2D eigenvalue weighted by Gasteiger charge is 2.53. The zero-order valence-electron chi connectivity index (χ0n) is 62.6. The van der Waals surface area contributed by atoms with Gasteiger partial charge in [0.15, 0.2) is 12.6 Å². The molecule has 101 heavy (non-hydrogen) atoms. The van der Waals surface area contributed by atoms with Gasteiger partial charge in [-0.1, -0.05) is 128 Å². The SMILES string of the molecule is CC(=O)N[C@H]1[C@H](OP(=O)(O)OP(=O)(O)OC/C=C(/C)CC/C=C(/C)CC/C=C(/C)CC/C=C(/C)CC/C=C(/C)CC/C=C(/C)CC/C=C(/C)CC/C=C(/C)CC/C=C(\C)CC/C=C(\C)CCC=C(C)C)O[C@H](C)[C@H](N)[C@@H]1O[C@@H]1O[C@H](COP(=O)(O)OC[C@@H](O)[C@@H](O)[C@@H](O)CO)[C@@H](O)[C@H](O)[C@H]1O. The number of aliphatic hydroxyl groups is 7. The van der Waals surface area contributed by atoms with E-state index in [1.165, 1.54) is 68.7 Å². The molecule has 24 nitrogen and oxygen atoms in total. The van der Waals surface area contributed by atoms with Crippen molar-refractivity contribution in [2.45, 2.75) is 305 Å². The van der Waals surface area contributed by atoms with E-state index in [2.05, 4.69) is 151 Å². The predicted molar refractivity (Wildman–Crippen MR) is 395 cm³/mol. The second-order valence-electron chi connectivity index (χ2n) is 27.6. The lowest BCUT2D eigenvalue weighted by Crippen LogP contribution is -2.69. The quantitative estimate of drug-likeness (QED) is 0.0199. The maximum Gasteiger partial charge on any atom is 0.483 e. The van der Waals surface area contributed by atoms with Crippen molar-refractivity contribution in [2.75, 3.05) is 26.4 Å². The molecular formula is C74H127N2O22P3. The summed E-state index contributed by atoms with van der Waals surface area (Å²) < 4.78 is 80.1. The highest BCUT2D eigenvalue weighted by molar-refractivity contribution is 7.61. The van der Waals surface area contributed by atoms with Crippen LogP contribution in [0.1, 0.15) is 225 Å². The standard InChI is InChI=1S/C74H127N2O22P3/c1-50(2)25-15-26-51(3)27-16-28-52(4)29-17-30-53(5)31-18-32-54(6)33-19-34-55(7)35-20-36-56(8)37-21-38-57(9)39-22-40-58(10)41-23-42-59(11)43-24-44-60(12)45-46-91-100(87,88)98-101(89,90)97-73-67(76-62(14)78)72(66(75)61(13)94-73)96-74-71(84)70(83)69(82)65(95-74)49-93-99(85,86)92-48-64(80)68(81)63(79)47-77/h25,27,29,31,33,35,37,39,41,43,45,61,63-74,77,79-84H,15-24,26,28,30,32,34,36,38,40,42,44,46-49,75H2,1-14H3,(H,76,78)(H,85,86)(H,87,88)(H,89,90)/b51-27+,52-29+,53-31-,54-33-,55-35-,56-37-,57-39-,58-41-,59-43-,60-45-/t61-,63+,64-,65-,66+,67-,68+,69-,70+,71-,72+,73+,74+/m1/s1. The van der Waals surface area contributed by atoms with Crippen molar-refractivity contribution in [2.24, 2.45) is 5.73 Å². The molecule has 1 amide bonds. The zero-order valence-corrected chi connectivity index (χ0v) is 65.3. The van der Waals surface area contributed by atoms with Crippen LogP contribution in [0.25, 0.3) is 0 Å². The summed E-state index contributed by atoms with van der Waals surface area (Å²) in [5.41, 5.74) is 21.4. The highest BCUT2D eigenvalue weighted by Crippen LogP contribution is 2.61. The Hall–Kier alpha value is -3.46. The zero-order chi connectivity index (χ0) is 76.0. The van der Waals surface area contributed by atoms with E-state index in [1.807, 2.05) is 0 Å². The lowest BCUT2D eigenvalue weighted by molar-refractivity contribution is -0.327. The van der Waals surface area contributed by atoms with Crippen molar-refractivity contribution < 1.29 is 106 Å². The molecule has 0 aromatic rings. The van der Waals surface area contributed by atoms with Gasteiger partial charge in [0, 0.05) is 6.92 Å². The Balaban J connectivity index is 1.77. The summed E-state index contributed by atoms with van der Waals surface area (Å²) in [6.07, 6.45) is 25.1. The first kappa shape index (κ1) is 93.6. The third-order valence-electron chi connectivity index (χ3n) is 17.5. The molecule has 2 aliphatic heterocycles. The van der Waals surface area contributed by atoms with E-state index in [0.29, 0.717) is 12.8 Å². The Morgan fingerprint density at radius 2 is 0.842 bits per heavy atom. The maximum absolute atomic E-state index is 13.3. The van der Waals surface area contributed by atoms with Gasteiger partial charge in [-0.05, 0) is 218 Å². The fraction of sp³-hybridized carbons (Fsp3) is 0.689. The molecule has 580 valence electrons. The van der Waals surface area contributed by atoms with Crippen LogP contribution in [0.5, 0.6) is 0 Å². The van der Waals surface area contributed by atoms with E-state index in [0.717, 1.165) is 128 Å². The molecule has 0 bridgehead atoms. The number of phosphoric acid groups is 3. The Labute approximate surface area is 602 Å². The van der Waals surface area contributed by atoms with Crippen LogP contribution in [0.4, 0.5) is 0 Å². The van der Waals surface area contributed by atoms with Gasteiger partial charge in [-0.25, -0.2) is 13.7 Å². The molecule has 0 aromatic carbocycles. The summed E-state index contributed by atoms with van der Waals surface area (Å²) in [7, 11) is -16.1. The third-order valence-corrected chi connectivity index (χ3v) is 21.1. The number of ether oxygens (including phenoxy) is 3. The summed E-state index contributed by atoms with van der Waals surface area (Å²) in [5.74, 6) is -0.813. The van der Waals surface area contributed by atoms with Gasteiger partial charge in [-0.15, -0.1) is 0 Å². The van der Waals surface area contributed by atoms with Crippen molar-refractivity contribution in [3.05, 3.63) is 128 Å². The number of carbonyl (C=O) groups excluding carboxylic acids is 1. The van der Waals surface area contributed by atoms with Crippen molar-refractivity contribution in [1.82, 2.24) is 5.32 Å². The number of nitrogens with two attached hydrogens (primary N) is 1. The molecule has 0 radical (unpaired) electrons. The van der Waals surface area contributed by atoms with Crippen molar-refractivity contribution in [3.8, 4) is 0 Å². The number of aliphatic hydroxyl groups excluding tert-OH is 7. The molecule has 2 rings (SSSR count). The van der Waals surface area contributed by atoms with Gasteiger partial charge in [0.05, 0.1) is 38.6 Å². The van der Waals surface area contributed by atoms with Crippen LogP contribution in [-0.2, 0) is 55.1 Å². The van der Waals surface area contributed by atoms with E-state index in [4.69, 9.17) is 38.6 Å². The van der Waals surface area contributed by atoms with Crippen molar-refractivity contribution >= 4 is 29.4 Å². The normalized spacial score (nSPS) is 25.7. The number of hydrogen-bond donors (Lipinski definition) is 12. The maximum atomic E-state index is 13.3. The predicted octanol–water partition coefficient (Wildman–Crippen LogP) is 13.4. The van der Waals surface area contributed by atoms with Gasteiger partial charge in [0.2, 0.25) is 5.91 Å². The van der Waals surface area contributed by atoms with Gasteiger partial charge in [-0.2, -0.15) is 4.31 Å². The highest BCUT2D eigenvalue weighted by atomic mass is 31.3. The third kappa shape index (κ3) is 41.3. The summed E-state index contributed by atoms with van der Waals surface area (Å²) in [4.78, 5) is 43.9. The number of carbonyl (C=O) groups is 1. The molecule has 0 saturated carbocycles. The summed E-state index contributed by atoms with van der Waals surface area (Å²) in [6, 6.07) is -3.00. The van der Waals surface area contributed by atoms with Crippen LogP contribution in [0.2, 0.25) is 0 Å². The first-order valence-electron chi connectivity index (χ1n) is 35.5. The van der Waals surface area contributed by atoms with Crippen molar-refractivity contribution in [1.29, 1.82) is 0 Å². The van der Waals surface area contributed by atoms with E-state index >= 15 is 0 Å². The molecular weight excluding hydrogens is 1360 g/mol. The average Bonchev–Trinajstić information content (AvgIpc) is 0.779. The summed E-state index contributed by atoms with van der Waals surface area (Å²) >= 11 is 0. The van der Waals surface area contributed by atoms with E-state index < -0.39 is 135 Å². The minimum atomic E-state index is -5.65. The first-order valence-corrected chi connectivity index (χ1v) is 40.0. The Morgan fingerprint density at radius 1 is 0.475 bits per heavy atom. The molecule has 3 unspecified atom stereocenters. The lowest BCUT2D eigenvalue weighted by Gasteiger charge is -2.47. The van der Waals surface area contributed by atoms with Crippen LogP contribution in [0.15, 0.2) is 128 Å².